The average molecular weight is 220 g/mol. The summed E-state index contributed by atoms with van der Waals surface area (Å²) >= 11 is 0. The minimum absolute atomic E-state index is 0.0731. The largest absolute Gasteiger partial charge is 0.394 e. The zero-order valence-corrected chi connectivity index (χ0v) is 9.39. The van der Waals surface area contributed by atoms with Crippen molar-refractivity contribution in [1.29, 1.82) is 0 Å². The average Bonchev–Trinajstić information content (AvgIpc) is 2.61. The van der Waals surface area contributed by atoms with Gasteiger partial charge >= 0.3 is 0 Å². The zero-order chi connectivity index (χ0) is 11.4. The Morgan fingerprint density at radius 1 is 1.31 bits per heavy atom. The van der Waals surface area contributed by atoms with E-state index in [1.165, 1.54) is 0 Å². The summed E-state index contributed by atoms with van der Waals surface area (Å²) in [6.45, 7) is 3.83. The number of hydrogen-bond acceptors (Lipinski definition) is 3. The van der Waals surface area contributed by atoms with Crippen LogP contribution in [0.5, 0.6) is 0 Å². The fraction of sp³-hybridized carbons (Fsp3) is 0.417. The van der Waals surface area contributed by atoms with Gasteiger partial charge in [0.25, 0.3) is 0 Å². The highest BCUT2D eigenvalue weighted by atomic mass is 16.5. The fourth-order valence-electron chi connectivity index (χ4n) is 1.80. The summed E-state index contributed by atoms with van der Waals surface area (Å²) in [5.74, 6) is 0.994. The number of para-hydroxylation sites is 2. The first-order chi connectivity index (χ1) is 7.83. The van der Waals surface area contributed by atoms with Gasteiger partial charge in [0, 0.05) is 6.54 Å². The normalized spacial score (nSPS) is 11.1. The minimum atomic E-state index is 0.0731. The van der Waals surface area contributed by atoms with Crippen molar-refractivity contribution >= 4 is 11.0 Å². The topological polar surface area (TPSA) is 47.3 Å². The Bertz CT molecular complexity index is 465. The Morgan fingerprint density at radius 2 is 2.12 bits per heavy atom. The molecule has 86 valence electrons. The molecule has 0 unspecified atom stereocenters. The van der Waals surface area contributed by atoms with Gasteiger partial charge in [0.05, 0.1) is 30.9 Å². The molecule has 0 saturated carbocycles. The van der Waals surface area contributed by atoms with Gasteiger partial charge in [0.2, 0.25) is 0 Å². The number of ether oxygens (including phenoxy) is 1. The van der Waals surface area contributed by atoms with Crippen LogP contribution in [0.15, 0.2) is 24.3 Å². The van der Waals surface area contributed by atoms with Gasteiger partial charge in [-0.15, -0.1) is 0 Å². The summed E-state index contributed by atoms with van der Waals surface area (Å²) < 4.78 is 7.39. The molecule has 2 aromatic rings. The molecule has 16 heavy (non-hydrogen) atoms. The van der Waals surface area contributed by atoms with Crippen LogP contribution in [0.4, 0.5) is 0 Å². The molecule has 1 heterocycles. The molecular weight excluding hydrogens is 204 g/mol. The van der Waals surface area contributed by atoms with Crippen LogP contribution < -0.4 is 0 Å². The summed E-state index contributed by atoms with van der Waals surface area (Å²) in [5, 5.41) is 8.61. The van der Waals surface area contributed by atoms with Crippen molar-refractivity contribution in [2.75, 3.05) is 19.8 Å². The van der Waals surface area contributed by atoms with Crippen molar-refractivity contribution < 1.29 is 9.84 Å². The van der Waals surface area contributed by atoms with Gasteiger partial charge in [0.1, 0.15) is 5.82 Å². The van der Waals surface area contributed by atoms with E-state index in [9.17, 15) is 0 Å². The second-order valence-electron chi connectivity index (χ2n) is 3.64. The molecule has 0 bridgehead atoms. The molecule has 0 spiro atoms. The molecule has 0 aliphatic heterocycles. The van der Waals surface area contributed by atoms with Gasteiger partial charge in [-0.2, -0.15) is 0 Å². The number of nitrogens with zero attached hydrogens (tertiary/aromatic N) is 2. The van der Waals surface area contributed by atoms with Gasteiger partial charge in [0.15, 0.2) is 0 Å². The van der Waals surface area contributed by atoms with Crippen LogP contribution in [0.25, 0.3) is 11.0 Å². The highest BCUT2D eigenvalue weighted by Crippen LogP contribution is 2.14. The van der Waals surface area contributed by atoms with Crippen molar-refractivity contribution in [3.05, 3.63) is 30.1 Å². The molecule has 4 nitrogen and oxygen atoms in total. The molecule has 1 aromatic heterocycles. The summed E-state index contributed by atoms with van der Waals surface area (Å²) in [4.78, 5) is 4.47. The number of imidazole rings is 1. The summed E-state index contributed by atoms with van der Waals surface area (Å²) in [5.41, 5.74) is 2.15. The van der Waals surface area contributed by atoms with Crippen LogP contribution in [-0.4, -0.2) is 34.5 Å². The van der Waals surface area contributed by atoms with Crippen molar-refractivity contribution in [3.63, 3.8) is 0 Å². The fourth-order valence-corrected chi connectivity index (χ4v) is 1.80. The van der Waals surface area contributed by atoms with E-state index in [0.717, 1.165) is 23.4 Å². The molecule has 1 aromatic carbocycles. The Balaban J connectivity index is 2.13. The molecule has 2 rings (SSSR count). The van der Waals surface area contributed by atoms with Gasteiger partial charge in [-0.25, -0.2) is 4.98 Å². The lowest BCUT2D eigenvalue weighted by Gasteiger charge is -2.06. The van der Waals surface area contributed by atoms with Crippen LogP contribution in [0.3, 0.4) is 0 Å². The molecule has 0 saturated heterocycles. The maximum absolute atomic E-state index is 8.61. The van der Waals surface area contributed by atoms with Gasteiger partial charge in [-0.1, -0.05) is 12.1 Å². The Labute approximate surface area is 94.5 Å². The van der Waals surface area contributed by atoms with E-state index < -0.39 is 0 Å². The van der Waals surface area contributed by atoms with Crippen LogP contribution in [0, 0.1) is 6.92 Å². The van der Waals surface area contributed by atoms with Crippen LogP contribution in [-0.2, 0) is 11.3 Å². The summed E-state index contributed by atoms with van der Waals surface area (Å²) in [6.07, 6.45) is 0. The molecule has 0 aliphatic rings. The molecule has 1 N–H and O–H groups in total. The SMILES string of the molecule is Cc1nc2ccccc2n1CCOCCO. The zero-order valence-electron chi connectivity index (χ0n) is 9.39. The lowest BCUT2D eigenvalue weighted by atomic mass is 10.3. The van der Waals surface area contributed by atoms with Crippen molar-refractivity contribution in [1.82, 2.24) is 9.55 Å². The lowest BCUT2D eigenvalue weighted by Crippen LogP contribution is -2.09. The van der Waals surface area contributed by atoms with E-state index in [-0.39, 0.29) is 6.61 Å². The first kappa shape index (κ1) is 11.1. The number of fused-ring (bicyclic) bond motifs is 1. The minimum Gasteiger partial charge on any atom is -0.394 e. The first-order valence-electron chi connectivity index (χ1n) is 5.43. The van der Waals surface area contributed by atoms with Gasteiger partial charge < -0.3 is 14.4 Å². The Hall–Kier alpha value is -1.39. The van der Waals surface area contributed by atoms with Crippen LogP contribution >= 0.6 is 0 Å². The maximum atomic E-state index is 8.61. The number of aromatic nitrogens is 2. The quantitative estimate of drug-likeness (QED) is 0.774. The third-order valence-corrected chi connectivity index (χ3v) is 2.54. The van der Waals surface area contributed by atoms with Crippen molar-refractivity contribution in [3.8, 4) is 0 Å². The lowest BCUT2D eigenvalue weighted by molar-refractivity contribution is 0.0872. The monoisotopic (exact) mass is 220 g/mol. The summed E-state index contributed by atoms with van der Waals surface area (Å²) in [7, 11) is 0. The predicted molar refractivity (Wildman–Crippen MR) is 62.4 cm³/mol. The highest BCUT2D eigenvalue weighted by Gasteiger charge is 2.05. The second-order valence-corrected chi connectivity index (χ2v) is 3.64. The number of rotatable bonds is 5. The van der Waals surface area contributed by atoms with E-state index in [1.54, 1.807) is 0 Å². The number of aliphatic hydroxyl groups is 1. The van der Waals surface area contributed by atoms with Crippen molar-refractivity contribution in [2.24, 2.45) is 0 Å². The van der Waals surface area contributed by atoms with Crippen LogP contribution in [0.2, 0.25) is 0 Å². The number of hydrogen-bond donors (Lipinski definition) is 1. The Kier molecular flexibility index (Phi) is 3.54. The number of aliphatic hydroxyl groups excluding tert-OH is 1. The molecule has 0 aliphatic carbocycles. The van der Waals surface area contributed by atoms with E-state index in [1.807, 2.05) is 25.1 Å². The first-order valence-corrected chi connectivity index (χ1v) is 5.43. The van der Waals surface area contributed by atoms with E-state index >= 15 is 0 Å². The molecule has 0 radical (unpaired) electrons. The molecule has 4 heteroatoms. The molecule has 0 atom stereocenters. The Morgan fingerprint density at radius 3 is 2.94 bits per heavy atom. The predicted octanol–water partition coefficient (Wildman–Crippen LogP) is 1.35. The number of aryl methyl sites for hydroxylation is 1. The number of benzene rings is 1. The maximum Gasteiger partial charge on any atom is 0.106 e. The molecule has 0 amide bonds. The smallest absolute Gasteiger partial charge is 0.106 e. The molecular formula is C12H16N2O2. The standard InChI is InChI=1S/C12H16N2O2/c1-10-13-11-4-2-3-5-12(11)14(10)6-8-16-9-7-15/h2-5,15H,6-9H2,1H3. The molecule has 0 fully saturated rings. The van der Waals surface area contributed by atoms with E-state index in [2.05, 4.69) is 15.6 Å². The second kappa shape index (κ2) is 5.09. The third kappa shape index (κ3) is 2.23. The van der Waals surface area contributed by atoms with Gasteiger partial charge in [-0.05, 0) is 19.1 Å². The third-order valence-electron chi connectivity index (χ3n) is 2.54. The van der Waals surface area contributed by atoms with Gasteiger partial charge in [-0.3, -0.25) is 0 Å². The van der Waals surface area contributed by atoms with Crippen LogP contribution in [0.1, 0.15) is 5.82 Å². The highest BCUT2D eigenvalue weighted by molar-refractivity contribution is 5.75. The van der Waals surface area contributed by atoms with E-state index in [0.29, 0.717) is 13.2 Å². The van der Waals surface area contributed by atoms with E-state index in [4.69, 9.17) is 9.84 Å². The summed E-state index contributed by atoms with van der Waals surface area (Å²) in [6, 6.07) is 8.06. The van der Waals surface area contributed by atoms with Crippen molar-refractivity contribution in [2.45, 2.75) is 13.5 Å².